The summed E-state index contributed by atoms with van der Waals surface area (Å²) in [6.45, 7) is 0. The Kier molecular flexibility index (Phi) is 4.87. The molecule has 2 aromatic heterocycles. The van der Waals surface area contributed by atoms with E-state index in [1.54, 1.807) is 24.3 Å². The highest BCUT2D eigenvalue weighted by Crippen LogP contribution is 2.33. The van der Waals surface area contributed by atoms with Crippen LogP contribution in [-0.2, 0) is 11.0 Å². The van der Waals surface area contributed by atoms with Crippen molar-refractivity contribution >= 4 is 11.6 Å². The Labute approximate surface area is 163 Å². The molecule has 0 radical (unpaired) electrons. The highest BCUT2D eigenvalue weighted by atomic mass is 19.4. The minimum Gasteiger partial charge on any atom is -0.439 e. The maximum absolute atomic E-state index is 13.2. The molecule has 0 saturated heterocycles. The molecule has 1 aromatic carbocycles. The topological polar surface area (TPSA) is 77.0 Å². The molecular weight excluding hydrogens is 385 g/mol. The number of benzene rings is 1. The molecule has 148 valence electrons. The van der Waals surface area contributed by atoms with Crippen molar-refractivity contribution in [2.45, 2.75) is 19.0 Å². The van der Waals surface area contributed by atoms with Crippen LogP contribution in [0.2, 0.25) is 0 Å². The Hall–Kier alpha value is -3.49. The summed E-state index contributed by atoms with van der Waals surface area (Å²) in [6, 6.07) is 10.1. The number of nitrogens with zero attached hydrogens (tertiary/aromatic N) is 3. The Morgan fingerprint density at radius 3 is 2.34 bits per heavy atom. The zero-order chi connectivity index (χ0) is 20.4. The number of carbonyl (C=O) groups is 1. The first-order chi connectivity index (χ1) is 13.9. The van der Waals surface area contributed by atoms with Crippen LogP contribution in [0.1, 0.15) is 18.5 Å². The smallest absolute Gasteiger partial charge is 0.433 e. The summed E-state index contributed by atoms with van der Waals surface area (Å²) in [7, 11) is 0. The normalized spacial score (nSPS) is 13.8. The average Bonchev–Trinajstić information content (AvgIpc) is 3.55. The molecule has 0 aliphatic heterocycles. The molecular formula is C20H15F3N4O2. The minimum atomic E-state index is -4.65. The van der Waals surface area contributed by atoms with Crippen LogP contribution in [0.4, 0.5) is 18.9 Å². The predicted octanol–water partition coefficient (Wildman–Crippen LogP) is 4.70. The van der Waals surface area contributed by atoms with Gasteiger partial charge in [0.25, 0.3) is 0 Å². The lowest BCUT2D eigenvalue weighted by molar-refractivity contribution is -0.141. The molecule has 0 atom stereocenters. The molecule has 0 bridgehead atoms. The van der Waals surface area contributed by atoms with Gasteiger partial charge in [0, 0.05) is 35.6 Å². The lowest BCUT2D eigenvalue weighted by atomic mass is 10.2. The Morgan fingerprint density at radius 1 is 1.03 bits per heavy atom. The number of nitrogens with one attached hydrogen (secondary N) is 1. The first kappa shape index (κ1) is 18.9. The van der Waals surface area contributed by atoms with Crippen molar-refractivity contribution in [1.29, 1.82) is 0 Å². The fourth-order valence-electron chi connectivity index (χ4n) is 2.57. The van der Waals surface area contributed by atoms with Crippen LogP contribution in [0.5, 0.6) is 11.6 Å². The maximum atomic E-state index is 13.2. The van der Waals surface area contributed by atoms with Gasteiger partial charge in [-0.25, -0.2) is 4.98 Å². The van der Waals surface area contributed by atoms with E-state index < -0.39 is 11.9 Å². The van der Waals surface area contributed by atoms with Crippen LogP contribution in [-0.4, -0.2) is 20.9 Å². The van der Waals surface area contributed by atoms with Gasteiger partial charge in [-0.15, -0.1) is 0 Å². The molecule has 0 spiro atoms. The standard InChI is InChI=1S/C20H15F3N4O2/c21-20(22,23)16-11-17(27-18(26-16)12-7-9-24-10-8-12)29-15-5-3-14(4-6-15)25-19(28)13-1-2-13/h3-11,13H,1-2H2,(H,25,28). The highest BCUT2D eigenvalue weighted by molar-refractivity contribution is 5.94. The summed E-state index contributed by atoms with van der Waals surface area (Å²) in [4.78, 5) is 23.3. The van der Waals surface area contributed by atoms with E-state index in [2.05, 4.69) is 20.3 Å². The van der Waals surface area contributed by atoms with Crippen molar-refractivity contribution in [3.8, 4) is 23.0 Å². The lowest BCUT2D eigenvalue weighted by Gasteiger charge is -2.12. The van der Waals surface area contributed by atoms with Gasteiger partial charge < -0.3 is 10.1 Å². The summed E-state index contributed by atoms with van der Waals surface area (Å²) in [5.74, 6) is -0.0491. The number of pyridine rings is 1. The molecule has 1 amide bonds. The van der Waals surface area contributed by atoms with Gasteiger partial charge in [-0.3, -0.25) is 9.78 Å². The summed E-state index contributed by atoms with van der Waals surface area (Å²) < 4.78 is 45.3. The van der Waals surface area contributed by atoms with Gasteiger partial charge in [0.15, 0.2) is 11.5 Å². The van der Waals surface area contributed by atoms with Crippen molar-refractivity contribution in [3.63, 3.8) is 0 Å². The summed E-state index contributed by atoms with van der Waals surface area (Å²) >= 11 is 0. The van der Waals surface area contributed by atoms with Gasteiger partial charge in [0.05, 0.1) is 0 Å². The number of hydrogen-bond acceptors (Lipinski definition) is 5. The summed E-state index contributed by atoms with van der Waals surface area (Å²) in [5, 5.41) is 2.78. The van der Waals surface area contributed by atoms with Crippen LogP contribution in [0.3, 0.4) is 0 Å². The highest BCUT2D eigenvalue weighted by Gasteiger charge is 2.34. The Balaban J connectivity index is 1.58. The Morgan fingerprint density at radius 2 is 1.72 bits per heavy atom. The number of hydrogen-bond donors (Lipinski definition) is 1. The van der Waals surface area contributed by atoms with Gasteiger partial charge >= 0.3 is 6.18 Å². The van der Waals surface area contributed by atoms with Gasteiger partial charge in [-0.2, -0.15) is 18.2 Å². The van der Waals surface area contributed by atoms with Crippen molar-refractivity contribution in [3.05, 3.63) is 60.6 Å². The first-order valence-corrected chi connectivity index (χ1v) is 8.84. The van der Waals surface area contributed by atoms with E-state index >= 15 is 0 Å². The molecule has 1 N–H and O–H groups in total. The number of alkyl halides is 3. The zero-order valence-electron chi connectivity index (χ0n) is 15.0. The molecule has 1 fully saturated rings. The van der Waals surface area contributed by atoms with E-state index in [-0.39, 0.29) is 29.3 Å². The SMILES string of the molecule is O=C(Nc1ccc(Oc2cc(C(F)(F)F)nc(-c3ccncc3)n2)cc1)C1CC1. The fraction of sp³-hybridized carbons (Fsp3) is 0.200. The second-order valence-corrected chi connectivity index (χ2v) is 6.54. The summed E-state index contributed by atoms with van der Waals surface area (Å²) in [6.07, 6.45) is 0.00619. The summed E-state index contributed by atoms with van der Waals surface area (Å²) in [5.41, 5.74) is -0.137. The number of anilines is 1. The largest absolute Gasteiger partial charge is 0.439 e. The number of halogens is 3. The number of amides is 1. The number of rotatable bonds is 5. The predicted molar refractivity (Wildman–Crippen MR) is 98.1 cm³/mol. The quantitative estimate of drug-likeness (QED) is 0.672. The second-order valence-electron chi connectivity index (χ2n) is 6.54. The lowest BCUT2D eigenvalue weighted by Crippen LogP contribution is -2.13. The third-order valence-corrected chi connectivity index (χ3v) is 4.22. The molecule has 3 aromatic rings. The first-order valence-electron chi connectivity index (χ1n) is 8.84. The van der Waals surface area contributed by atoms with Crippen molar-refractivity contribution in [1.82, 2.24) is 15.0 Å². The van der Waals surface area contributed by atoms with E-state index in [9.17, 15) is 18.0 Å². The van der Waals surface area contributed by atoms with E-state index in [4.69, 9.17) is 4.74 Å². The van der Waals surface area contributed by atoms with Crippen molar-refractivity contribution < 1.29 is 22.7 Å². The van der Waals surface area contributed by atoms with E-state index in [1.165, 1.54) is 24.5 Å². The number of carbonyl (C=O) groups excluding carboxylic acids is 1. The third kappa shape index (κ3) is 4.68. The molecule has 9 heteroatoms. The van der Waals surface area contributed by atoms with Crippen LogP contribution >= 0.6 is 0 Å². The Bertz CT molecular complexity index is 1020. The molecule has 0 unspecified atom stereocenters. The molecule has 1 aliphatic rings. The van der Waals surface area contributed by atoms with Gasteiger partial charge in [-0.1, -0.05) is 0 Å². The zero-order valence-corrected chi connectivity index (χ0v) is 15.0. The third-order valence-electron chi connectivity index (χ3n) is 4.22. The van der Waals surface area contributed by atoms with E-state index in [0.29, 0.717) is 11.3 Å². The van der Waals surface area contributed by atoms with Crippen molar-refractivity contribution in [2.24, 2.45) is 5.92 Å². The molecule has 1 aliphatic carbocycles. The van der Waals surface area contributed by atoms with Crippen LogP contribution in [0.15, 0.2) is 54.9 Å². The molecule has 6 nitrogen and oxygen atoms in total. The molecule has 1 saturated carbocycles. The van der Waals surface area contributed by atoms with Gasteiger partial charge in [0.1, 0.15) is 5.75 Å². The van der Waals surface area contributed by atoms with Crippen LogP contribution < -0.4 is 10.1 Å². The average molecular weight is 400 g/mol. The molecule has 2 heterocycles. The van der Waals surface area contributed by atoms with Crippen LogP contribution in [0.25, 0.3) is 11.4 Å². The van der Waals surface area contributed by atoms with Crippen molar-refractivity contribution in [2.75, 3.05) is 5.32 Å². The number of aromatic nitrogens is 3. The van der Waals surface area contributed by atoms with Gasteiger partial charge in [0.2, 0.25) is 11.8 Å². The fourth-order valence-corrected chi connectivity index (χ4v) is 2.57. The molecule has 29 heavy (non-hydrogen) atoms. The van der Waals surface area contributed by atoms with E-state index in [0.717, 1.165) is 18.9 Å². The van der Waals surface area contributed by atoms with E-state index in [1.807, 2.05) is 0 Å². The molecule has 4 rings (SSSR count). The number of ether oxygens (including phenoxy) is 1. The van der Waals surface area contributed by atoms with Gasteiger partial charge in [-0.05, 0) is 49.2 Å². The monoisotopic (exact) mass is 400 g/mol. The maximum Gasteiger partial charge on any atom is 0.433 e. The second kappa shape index (κ2) is 7.50. The van der Waals surface area contributed by atoms with Crippen LogP contribution in [0, 0.1) is 5.92 Å². The minimum absolute atomic E-state index is 0.0359.